The van der Waals surface area contributed by atoms with E-state index < -0.39 is 36.9 Å². The Morgan fingerprint density at radius 1 is 1.00 bits per heavy atom. The molecule has 0 radical (unpaired) electrons. The van der Waals surface area contributed by atoms with Gasteiger partial charge in [0, 0.05) is 11.8 Å². The molecule has 2 aromatic carbocycles. The Labute approximate surface area is 164 Å². The van der Waals surface area contributed by atoms with E-state index in [1.165, 1.54) is 24.3 Å². The van der Waals surface area contributed by atoms with Crippen molar-refractivity contribution >= 4 is 23.6 Å². The molecule has 0 saturated carbocycles. The predicted molar refractivity (Wildman–Crippen MR) is 97.4 cm³/mol. The topological polar surface area (TPSA) is 112 Å². The lowest BCUT2D eigenvalue weighted by Gasteiger charge is -2.19. The molecule has 2 N–H and O–H groups in total. The molecule has 0 fully saturated rings. The molecular formula is C19H17FN2O7. The van der Waals surface area contributed by atoms with Gasteiger partial charge in [-0.25, -0.2) is 14.0 Å². The van der Waals surface area contributed by atoms with Gasteiger partial charge in [0.15, 0.2) is 36.3 Å². The van der Waals surface area contributed by atoms with Gasteiger partial charge in [0.2, 0.25) is 0 Å². The maximum absolute atomic E-state index is 13.4. The van der Waals surface area contributed by atoms with E-state index in [2.05, 4.69) is 10.1 Å². The first-order valence-corrected chi connectivity index (χ1v) is 8.55. The SMILES string of the molecule is O=C(COC(=O)COc1ccccc1F)NC(=O)Nc1ccc2c(c1)OCCO2. The molecule has 0 atom stereocenters. The molecule has 0 aliphatic carbocycles. The van der Waals surface area contributed by atoms with E-state index in [0.717, 1.165) is 0 Å². The van der Waals surface area contributed by atoms with Gasteiger partial charge in [-0.05, 0) is 24.3 Å². The van der Waals surface area contributed by atoms with E-state index in [9.17, 15) is 18.8 Å². The number of carbonyl (C=O) groups excluding carboxylic acids is 3. The second-order valence-corrected chi connectivity index (χ2v) is 5.74. The molecule has 29 heavy (non-hydrogen) atoms. The van der Waals surface area contributed by atoms with Gasteiger partial charge >= 0.3 is 12.0 Å². The van der Waals surface area contributed by atoms with Gasteiger partial charge < -0.3 is 24.3 Å². The van der Waals surface area contributed by atoms with Crippen molar-refractivity contribution in [3.05, 3.63) is 48.3 Å². The standard InChI is InChI=1S/C19H17FN2O7/c20-13-3-1-2-4-14(13)28-11-18(24)29-10-17(23)22-19(25)21-12-5-6-15-16(9-12)27-8-7-26-15/h1-6,9H,7-8,10-11H2,(H2,21,22,23,25). The number of amides is 3. The van der Waals surface area contributed by atoms with Crippen molar-refractivity contribution in [3.63, 3.8) is 0 Å². The number of hydrogen-bond acceptors (Lipinski definition) is 7. The van der Waals surface area contributed by atoms with E-state index in [0.29, 0.717) is 30.4 Å². The lowest BCUT2D eigenvalue weighted by Crippen LogP contribution is -2.37. The highest BCUT2D eigenvalue weighted by atomic mass is 19.1. The summed E-state index contributed by atoms with van der Waals surface area (Å²) in [5.41, 5.74) is 0.384. The molecule has 0 spiro atoms. The van der Waals surface area contributed by atoms with Crippen LogP contribution in [-0.4, -0.2) is 44.3 Å². The Balaban J connectivity index is 1.39. The Bertz CT molecular complexity index is 919. The van der Waals surface area contributed by atoms with Crippen molar-refractivity contribution in [2.45, 2.75) is 0 Å². The predicted octanol–water partition coefficient (Wildman–Crippen LogP) is 1.87. The first-order chi connectivity index (χ1) is 14.0. The number of fused-ring (bicyclic) bond motifs is 1. The van der Waals surface area contributed by atoms with Crippen LogP contribution < -0.4 is 24.8 Å². The molecule has 0 unspecified atom stereocenters. The zero-order valence-electron chi connectivity index (χ0n) is 15.1. The largest absolute Gasteiger partial charge is 0.486 e. The van der Waals surface area contributed by atoms with Crippen LogP contribution in [0.3, 0.4) is 0 Å². The summed E-state index contributed by atoms with van der Waals surface area (Å²) in [6, 6.07) is 9.48. The Kier molecular flexibility index (Phi) is 6.46. The highest BCUT2D eigenvalue weighted by molar-refractivity contribution is 6.02. The molecule has 1 aliphatic rings. The molecule has 3 amide bonds. The van der Waals surface area contributed by atoms with Gasteiger partial charge in [-0.15, -0.1) is 0 Å². The van der Waals surface area contributed by atoms with Crippen molar-refractivity contribution in [2.24, 2.45) is 0 Å². The first kappa shape index (κ1) is 19.9. The summed E-state index contributed by atoms with van der Waals surface area (Å²) < 4.78 is 33.8. The third-order valence-corrected chi connectivity index (χ3v) is 3.60. The maximum atomic E-state index is 13.4. The second kappa shape index (κ2) is 9.40. The number of nitrogens with one attached hydrogen (secondary N) is 2. The van der Waals surface area contributed by atoms with Gasteiger partial charge in [0.1, 0.15) is 13.2 Å². The number of hydrogen-bond donors (Lipinski definition) is 2. The molecule has 0 aromatic heterocycles. The van der Waals surface area contributed by atoms with Crippen LogP contribution in [0.15, 0.2) is 42.5 Å². The van der Waals surface area contributed by atoms with E-state index in [1.54, 1.807) is 18.2 Å². The zero-order chi connectivity index (χ0) is 20.6. The van der Waals surface area contributed by atoms with Crippen LogP contribution in [0.2, 0.25) is 0 Å². The number of halogens is 1. The van der Waals surface area contributed by atoms with Crippen LogP contribution in [0.4, 0.5) is 14.9 Å². The fourth-order valence-electron chi connectivity index (χ4n) is 2.33. The highest BCUT2D eigenvalue weighted by Gasteiger charge is 2.15. The summed E-state index contributed by atoms with van der Waals surface area (Å²) in [6.07, 6.45) is 0. The average molecular weight is 404 g/mol. The monoisotopic (exact) mass is 404 g/mol. The van der Waals surface area contributed by atoms with Crippen molar-refractivity contribution in [3.8, 4) is 17.2 Å². The molecule has 1 heterocycles. The Hall–Kier alpha value is -3.82. The average Bonchev–Trinajstić information content (AvgIpc) is 2.71. The smallest absolute Gasteiger partial charge is 0.344 e. The lowest BCUT2D eigenvalue weighted by molar-refractivity contribution is -0.150. The highest BCUT2D eigenvalue weighted by Crippen LogP contribution is 2.32. The number of rotatable bonds is 6. The van der Waals surface area contributed by atoms with E-state index in [-0.39, 0.29) is 5.75 Å². The van der Waals surface area contributed by atoms with Gasteiger partial charge in [-0.2, -0.15) is 0 Å². The van der Waals surface area contributed by atoms with Crippen LogP contribution in [0.1, 0.15) is 0 Å². The molecule has 0 bridgehead atoms. The number of ether oxygens (including phenoxy) is 4. The molecule has 3 rings (SSSR count). The van der Waals surface area contributed by atoms with Gasteiger partial charge in [0.05, 0.1) is 0 Å². The molecule has 10 heteroatoms. The summed E-state index contributed by atoms with van der Waals surface area (Å²) >= 11 is 0. The summed E-state index contributed by atoms with van der Waals surface area (Å²) in [4.78, 5) is 35.1. The third kappa shape index (κ3) is 5.83. The van der Waals surface area contributed by atoms with Crippen molar-refractivity contribution in [2.75, 3.05) is 31.7 Å². The lowest BCUT2D eigenvalue weighted by atomic mass is 10.2. The summed E-state index contributed by atoms with van der Waals surface area (Å²) in [6.45, 7) is -0.447. The minimum atomic E-state index is -0.893. The summed E-state index contributed by atoms with van der Waals surface area (Å²) in [5.74, 6) is -1.46. The number of anilines is 1. The van der Waals surface area contributed by atoms with E-state index >= 15 is 0 Å². The fraction of sp³-hybridized carbons (Fsp3) is 0.211. The van der Waals surface area contributed by atoms with Crippen LogP contribution in [-0.2, 0) is 14.3 Å². The minimum Gasteiger partial charge on any atom is -0.486 e. The van der Waals surface area contributed by atoms with Crippen molar-refractivity contribution < 1.29 is 37.7 Å². The van der Waals surface area contributed by atoms with Crippen LogP contribution >= 0.6 is 0 Å². The quantitative estimate of drug-likeness (QED) is 0.707. The summed E-state index contributed by atoms with van der Waals surface area (Å²) in [7, 11) is 0. The molecular weight excluding hydrogens is 387 g/mol. The molecule has 9 nitrogen and oxygen atoms in total. The third-order valence-electron chi connectivity index (χ3n) is 3.60. The number of esters is 1. The normalized spacial score (nSPS) is 11.9. The number of carbonyl (C=O) groups is 3. The molecule has 2 aromatic rings. The minimum absolute atomic E-state index is 0.118. The van der Waals surface area contributed by atoms with Gasteiger partial charge in [0.25, 0.3) is 5.91 Å². The fourth-order valence-corrected chi connectivity index (χ4v) is 2.33. The number of benzene rings is 2. The molecule has 0 saturated heterocycles. The van der Waals surface area contributed by atoms with E-state index in [4.69, 9.17) is 14.2 Å². The van der Waals surface area contributed by atoms with Crippen LogP contribution in [0.5, 0.6) is 17.2 Å². The van der Waals surface area contributed by atoms with Crippen molar-refractivity contribution in [1.82, 2.24) is 5.32 Å². The second-order valence-electron chi connectivity index (χ2n) is 5.74. The zero-order valence-corrected chi connectivity index (χ0v) is 15.1. The van der Waals surface area contributed by atoms with Gasteiger partial charge in [-0.3, -0.25) is 10.1 Å². The number of imide groups is 1. The maximum Gasteiger partial charge on any atom is 0.344 e. The van der Waals surface area contributed by atoms with Crippen LogP contribution in [0.25, 0.3) is 0 Å². The Morgan fingerprint density at radius 3 is 2.55 bits per heavy atom. The van der Waals surface area contributed by atoms with Crippen molar-refractivity contribution in [1.29, 1.82) is 0 Å². The first-order valence-electron chi connectivity index (χ1n) is 8.55. The van der Waals surface area contributed by atoms with Gasteiger partial charge in [-0.1, -0.05) is 12.1 Å². The Morgan fingerprint density at radius 2 is 1.76 bits per heavy atom. The number of urea groups is 1. The summed E-state index contributed by atoms with van der Waals surface area (Å²) in [5, 5.41) is 4.46. The molecule has 152 valence electrons. The number of para-hydroxylation sites is 1. The van der Waals surface area contributed by atoms with E-state index in [1.807, 2.05) is 5.32 Å². The molecule has 1 aliphatic heterocycles. The van der Waals surface area contributed by atoms with Crippen LogP contribution in [0, 0.1) is 5.82 Å².